The molecule has 1 aromatic carbocycles. The number of aromatic amines is 1. The Labute approximate surface area is 122 Å². The second-order valence-electron chi connectivity index (χ2n) is 4.32. The van der Waals surface area contributed by atoms with E-state index in [0.29, 0.717) is 17.9 Å². The minimum absolute atomic E-state index is 0.0910. The van der Waals surface area contributed by atoms with Crippen molar-refractivity contribution in [2.45, 2.75) is 13.3 Å². The van der Waals surface area contributed by atoms with Gasteiger partial charge in [0.25, 0.3) is 5.56 Å². The summed E-state index contributed by atoms with van der Waals surface area (Å²) in [5.74, 6) is 0.744. The minimum atomic E-state index is -0.291. The molecule has 0 aliphatic rings. The first kappa shape index (κ1) is 14.3. The predicted molar refractivity (Wildman–Crippen MR) is 84.2 cm³/mol. The van der Waals surface area contributed by atoms with E-state index in [1.54, 1.807) is 12.1 Å². The zero-order valence-electron chi connectivity index (χ0n) is 11.2. The van der Waals surface area contributed by atoms with Gasteiger partial charge in [-0.15, -0.1) is 0 Å². The third-order valence-corrected chi connectivity index (χ3v) is 3.03. The van der Waals surface area contributed by atoms with Gasteiger partial charge in [-0.2, -0.15) is 0 Å². The van der Waals surface area contributed by atoms with Gasteiger partial charge in [-0.25, -0.2) is 0 Å². The van der Waals surface area contributed by atoms with E-state index in [-0.39, 0.29) is 10.5 Å². The molecule has 1 aromatic heterocycles. The normalized spacial score (nSPS) is 10.2. The van der Waals surface area contributed by atoms with Gasteiger partial charge in [0.1, 0.15) is 10.7 Å². The highest BCUT2D eigenvalue weighted by molar-refractivity contribution is 7.80. The lowest BCUT2D eigenvalue weighted by molar-refractivity contribution is 0.318. The molecule has 0 saturated heterocycles. The Morgan fingerprint density at radius 2 is 2.05 bits per heavy atom. The fourth-order valence-electron chi connectivity index (χ4n) is 1.85. The Hall–Kier alpha value is -2.14. The quantitative estimate of drug-likeness (QED) is 0.829. The first-order valence-corrected chi connectivity index (χ1v) is 6.79. The van der Waals surface area contributed by atoms with Crippen LogP contribution in [0.3, 0.4) is 0 Å². The summed E-state index contributed by atoms with van der Waals surface area (Å²) in [5.41, 5.74) is 7.03. The molecule has 0 aliphatic carbocycles. The average molecular weight is 288 g/mol. The summed E-state index contributed by atoms with van der Waals surface area (Å²) >= 11 is 4.83. The number of pyridine rings is 1. The van der Waals surface area contributed by atoms with E-state index in [9.17, 15) is 4.79 Å². The first-order valence-electron chi connectivity index (χ1n) is 6.38. The predicted octanol–water partition coefficient (Wildman–Crippen LogP) is 2.46. The molecule has 0 amide bonds. The number of nitrogens with two attached hydrogens (primary N) is 1. The maximum atomic E-state index is 11.9. The Kier molecular flexibility index (Phi) is 4.53. The van der Waals surface area contributed by atoms with Crippen LogP contribution in [0.2, 0.25) is 0 Å². The first-order chi connectivity index (χ1) is 9.63. The maximum absolute atomic E-state index is 11.9. The van der Waals surface area contributed by atoms with E-state index in [1.807, 2.05) is 31.2 Å². The molecule has 0 saturated carbocycles. The fourth-order valence-corrected chi connectivity index (χ4v) is 2.01. The maximum Gasteiger partial charge on any atom is 0.258 e. The van der Waals surface area contributed by atoms with E-state index >= 15 is 0 Å². The molecule has 1 heterocycles. The van der Waals surface area contributed by atoms with Gasteiger partial charge in [0, 0.05) is 5.56 Å². The average Bonchev–Trinajstić information content (AvgIpc) is 2.45. The summed E-state index contributed by atoms with van der Waals surface area (Å²) in [4.78, 5) is 14.8. The number of ether oxygens (including phenoxy) is 1. The van der Waals surface area contributed by atoms with Crippen molar-refractivity contribution in [3.63, 3.8) is 0 Å². The number of rotatable bonds is 5. The number of benzene rings is 1. The van der Waals surface area contributed by atoms with E-state index in [0.717, 1.165) is 17.7 Å². The molecule has 0 aliphatic heterocycles. The monoisotopic (exact) mass is 288 g/mol. The molecule has 0 radical (unpaired) electrons. The van der Waals surface area contributed by atoms with Crippen LogP contribution < -0.4 is 16.0 Å². The lowest BCUT2D eigenvalue weighted by atomic mass is 10.1. The van der Waals surface area contributed by atoms with Gasteiger partial charge >= 0.3 is 0 Å². The van der Waals surface area contributed by atoms with Gasteiger partial charge in [-0.3, -0.25) is 4.79 Å². The lowest BCUT2D eigenvalue weighted by Gasteiger charge is -2.11. The van der Waals surface area contributed by atoms with Crippen LogP contribution in [0.4, 0.5) is 0 Å². The molecule has 0 fully saturated rings. The molecule has 3 N–H and O–H groups in total. The van der Waals surface area contributed by atoms with Crippen LogP contribution in [-0.4, -0.2) is 16.6 Å². The SMILES string of the molecule is CCCOc1ccccc1-c1ccc(C(N)=S)c(=O)[nH]1. The van der Waals surface area contributed by atoms with Crippen LogP contribution >= 0.6 is 12.2 Å². The number of nitrogens with one attached hydrogen (secondary N) is 1. The Bertz CT molecular complexity index is 680. The van der Waals surface area contributed by atoms with Gasteiger partial charge in [0.2, 0.25) is 0 Å². The van der Waals surface area contributed by atoms with Crippen molar-refractivity contribution in [1.82, 2.24) is 4.98 Å². The zero-order valence-corrected chi connectivity index (χ0v) is 12.0. The largest absolute Gasteiger partial charge is 0.493 e. The standard InChI is InChI=1S/C15H16N2O2S/c1-2-9-19-13-6-4-3-5-10(13)12-8-7-11(14(16)20)15(18)17-12/h3-8H,2,9H2,1H3,(H2,16,20)(H,17,18). The number of H-pyrrole nitrogens is 1. The van der Waals surface area contributed by atoms with Gasteiger partial charge in [-0.05, 0) is 30.7 Å². The highest BCUT2D eigenvalue weighted by atomic mass is 32.1. The van der Waals surface area contributed by atoms with Crippen molar-refractivity contribution >= 4 is 17.2 Å². The van der Waals surface area contributed by atoms with Crippen molar-refractivity contribution in [3.05, 3.63) is 52.3 Å². The van der Waals surface area contributed by atoms with Crippen LogP contribution in [-0.2, 0) is 0 Å². The van der Waals surface area contributed by atoms with E-state index in [2.05, 4.69) is 4.98 Å². The van der Waals surface area contributed by atoms with Gasteiger partial charge in [-0.1, -0.05) is 31.3 Å². The molecule has 2 rings (SSSR count). The van der Waals surface area contributed by atoms with Gasteiger partial charge in [0.05, 0.1) is 17.9 Å². The zero-order chi connectivity index (χ0) is 14.5. The van der Waals surface area contributed by atoms with Crippen molar-refractivity contribution in [2.24, 2.45) is 5.73 Å². The Morgan fingerprint density at radius 3 is 2.70 bits per heavy atom. The highest BCUT2D eigenvalue weighted by Gasteiger charge is 2.09. The molecular formula is C15H16N2O2S. The van der Waals surface area contributed by atoms with Crippen molar-refractivity contribution < 1.29 is 4.74 Å². The third kappa shape index (κ3) is 3.05. The van der Waals surface area contributed by atoms with Crippen molar-refractivity contribution in [2.75, 3.05) is 6.61 Å². The van der Waals surface area contributed by atoms with Crippen LogP contribution in [0.1, 0.15) is 18.9 Å². The van der Waals surface area contributed by atoms with Crippen molar-refractivity contribution in [1.29, 1.82) is 0 Å². The molecule has 104 valence electrons. The summed E-state index contributed by atoms with van der Waals surface area (Å²) in [6.45, 7) is 2.67. The topological polar surface area (TPSA) is 68.1 Å². The van der Waals surface area contributed by atoms with Crippen LogP contribution in [0.25, 0.3) is 11.3 Å². The van der Waals surface area contributed by atoms with Crippen LogP contribution in [0.15, 0.2) is 41.2 Å². The summed E-state index contributed by atoms with van der Waals surface area (Å²) in [5, 5.41) is 0. The molecule has 0 atom stereocenters. The van der Waals surface area contributed by atoms with Crippen molar-refractivity contribution in [3.8, 4) is 17.0 Å². The minimum Gasteiger partial charge on any atom is -0.493 e. The second-order valence-corrected chi connectivity index (χ2v) is 4.76. The third-order valence-electron chi connectivity index (χ3n) is 2.81. The lowest BCUT2D eigenvalue weighted by Crippen LogP contribution is -2.22. The molecule has 4 nitrogen and oxygen atoms in total. The smallest absolute Gasteiger partial charge is 0.258 e. The summed E-state index contributed by atoms with van der Waals surface area (Å²) in [6, 6.07) is 11.0. The Balaban J connectivity index is 2.44. The molecule has 0 spiro atoms. The molecule has 2 aromatic rings. The van der Waals surface area contributed by atoms with E-state index in [1.165, 1.54) is 0 Å². The summed E-state index contributed by atoms with van der Waals surface area (Å²) in [7, 11) is 0. The van der Waals surface area contributed by atoms with E-state index < -0.39 is 0 Å². The highest BCUT2D eigenvalue weighted by Crippen LogP contribution is 2.27. The van der Waals surface area contributed by atoms with Gasteiger partial charge in [0.15, 0.2) is 0 Å². The van der Waals surface area contributed by atoms with E-state index in [4.69, 9.17) is 22.7 Å². The molecule has 0 bridgehead atoms. The number of thiocarbonyl (C=S) groups is 1. The number of aromatic nitrogens is 1. The van der Waals surface area contributed by atoms with Gasteiger partial charge < -0.3 is 15.5 Å². The van der Waals surface area contributed by atoms with Crippen LogP contribution in [0.5, 0.6) is 5.75 Å². The summed E-state index contributed by atoms with van der Waals surface area (Å²) in [6.07, 6.45) is 0.922. The molecule has 5 heteroatoms. The molecule has 0 unspecified atom stereocenters. The molecule has 20 heavy (non-hydrogen) atoms. The molecular weight excluding hydrogens is 272 g/mol. The number of hydrogen-bond donors (Lipinski definition) is 2. The Morgan fingerprint density at radius 1 is 1.30 bits per heavy atom. The fraction of sp³-hybridized carbons (Fsp3) is 0.200. The summed E-state index contributed by atoms with van der Waals surface area (Å²) < 4.78 is 5.69. The number of para-hydroxylation sites is 1. The number of hydrogen-bond acceptors (Lipinski definition) is 3. The van der Waals surface area contributed by atoms with Crippen LogP contribution in [0, 0.1) is 0 Å². The second kappa shape index (κ2) is 6.34.